The molecule has 3 heteroatoms. The van der Waals surface area contributed by atoms with Crippen molar-refractivity contribution in [1.29, 1.82) is 0 Å². The largest absolute Gasteiger partial charge is 0.455 e. The number of hydrogen-bond donors (Lipinski definition) is 0. The lowest BCUT2D eigenvalue weighted by atomic mass is 9.67. The van der Waals surface area contributed by atoms with Crippen LogP contribution in [0.3, 0.4) is 0 Å². The van der Waals surface area contributed by atoms with Crippen LogP contribution in [-0.4, -0.2) is 0 Å². The highest BCUT2D eigenvalue weighted by Gasteiger charge is 2.46. The number of thiophene rings is 1. The first-order chi connectivity index (χ1) is 31.7. The number of rotatable bonds is 7. The molecule has 0 bridgehead atoms. The molecule has 0 unspecified atom stereocenters. The number of hydrogen-bond acceptors (Lipinski definition) is 3. The molecule has 12 aromatic rings. The van der Waals surface area contributed by atoms with Crippen LogP contribution < -0.4 is 4.90 Å². The molecule has 10 aromatic carbocycles. The summed E-state index contributed by atoms with van der Waals surface area (Å²) in [5.41, 5.74) is 16.7. The molecule has 1 aliphatic carbocycles. The van der Waals surface area contributed by atoms with Gasteiger partial charge in [-0.3, -0.25) is 0 Å². The van der Waals surface area contributed by atoms with E-state index in [2.05, 4.69) is 241 Å². The Bertz CT molecular complexity index is 3660. The van der Waals surface area contributed by atoms with Gasteiger partial charge in [0.2, 0.25) is 0 Å². The number of furan rings is 1. The molecule has 0 saturated heterocycles. The summed E-state index contributed by atoms with van der Waals surface area (Å²) in [5.74, 6) is 0. The molecule has 0 saturated carbocycles. The average molecular weight is 834 g/mol. The Hall–Kier alpha value is -7.98. The average Bonchev–Trinajstić information content (AvgIpc) is 4.02. The van der Waals surface area contributed by atoms with E-state index in [1.807, 2.05) is 11.3 Å². The molecule has 0 atom stereocenters. The topological polar surface area (TPSA) is 16.4 Å². The maximum atomic E-state index is 7.05. The van der Waals surface area contributed by atoms with Crippen LogP contribution in [0.15, 0.2) is 241 Å². The van der Waals surface area contributed by atoms with Gasteiger partial charge in [-0.1, -0.05) is 176 Å². The highest BCUT2D eigenvalue weighted by atomic mass is 32.1. The Morgan fingerprint density at radius 1 is 0.344 bits per heavy atom. The molecule has 0 fully saturated rings. The molecule has 300 valence electrons. The van der Waals surface area contributed by atoms with Crippen molar-refractivity contribution in [3.63, 3.8) is 0 Å². The number of para-hydroxylation sites is 1. The van der Waals surface area contributed by atoms with E-state index in [9.17, 15) is 0 Å². The molecule has 13 rings (SSSR count). The van der Waals surface area contributed by atoms with E-state index in [-0.39, 0.29) is 0 Å². The number of fused-ring (bicyclic) bond motifs is 9. The Balaban J connectivity index is 0.944. The van der Waals surface area contributed by atoms with Gasteiger partial charge in [0.05, 0.1) is 5.41 Å². The second-order valence-corrected chi connectivity index (χ2v) is 17.9. The minimum absolute atomic E-state index is 0.491. The zero-order valence-electron chi connectivity index (χ0n) is 34.8. The van der Waals surface area contributed by atoms with Crippen LogP contribution in [0, 0.1) is 0 Å². The summed E-state index contributed by atoms with van der Waals surface area (Å²) in [5, 5.41) is 4.81. The lowest BCUT2D eigenvalue weighted by molar-refractivity contribution is 0.667. The second-order valence-electron chi connectivity index (χ2n) is 16.8. The summed E-state index contributed by atoms with van der Waals surface area (Å²) in [7, 11) is 0. The fourth-order valence-corrected chi connectivity index (χ4v) is 11.6. The van der Waals surface area contributed by atoms with E-state index in [1.165, 1.54) is 64.7 Å². The summed E-state index contributed by atoms with van der Waals surface area (Å²) in [6.45, 7) is 0. The van der Waals surface area contributed by atoms with Crippen molar-refractivity contribution in [3.05, 3.63) is 259 Å². The molecule has 0 amide bonds. The minimum atomic E-state index is -0.491. The maximum absolute atomic E-state index is 7.05. The zero-order valence-corrected chi connectivity index (χ0v) is 35.6. The number of benzene rings is 10. The molecule has 0 radical (unpaired) electrons. The zero-order chi connectivity index (χ0) is 42.2. The molecular weight excluding hydrogens is 795 g/mol. The van der Waals surface area contributed by atoms with Gasteiger partial charge in [0.25, 0.3) is 0 Å². The van der Waals surface area contributed by atoms with Crippen LogP contribution in [0.5, 0.6) is 0 Å². The number of nitrogens with zero attached hydrogens (tertiary/aromatic N) is 1. The summed E-state index contributed by atoms with van der Waals surface area (Å²) in [6.07, 6.45) is 0. The van der Waals surface area contributed by atoms with Crippen molar-refractivity contribution < 1.29 is 4.42 Å². The van der Waals surface area contributed by atoms with Crippen LogP contribution in [0.4, 0.5) is 17.1 Å². The third kappa shape index (κ3) is 5.58. The van der Waals surface area contributed by atoms with E-state index < -0.39 is 5.41 Å². The molecule has 64 heavy (non-hydrogen) atoms. The van der Waals surface area contributed by atoms with E-state index in [0.717, 1.165) is 50.1 Å². The van der Waals surface area contributed by atoms with Gasteiger partial charge in [-0.2, -0.15) is 0 Å². The molecule has 0 aliphatic heterocycles. The van der Waals surface area contributed by atoms with Crippen molar-refractivity contribution in [2.45, 2.75) is 5.41 Å². The Morgan fingerprint density at radius 3 is 1.64 bits per heavy atom. The van der Waals surface area contributed by atoms with Crippen LogP contribution in [0.1, 0.15) is 22.3 Å². The predicted molar refractivity (Wildman–Crippen MR) is 269 cm³/mol. The van der Waals surface area contributed by atoms with Crippen molar-refractivity contribution in [2.24, 2.45) is 0 Å². The van der Waals surface area contributed by atoms with Crippen molar-refractivity contribution in [2.75, 3.05) is 4.90 Å². The van der Waals surface area contributed by atoms with E-state index in [0.29, 0.717) is 0 Å². The smallest absolute Gasteiger partial charge is 0.143 e. The van der Waals surface area contributed by atoms with Crippen LogP contribution in [0.25, 0.3) is 75.5 Å². The maximum Gasteiger partial charge on any atom is 0.143 e. The first-order valence-corrected chi connectivity index (χ1v) is 22.7. The third-order valence-corrected chi connectivity index (χ3v) is 14.5. The van der Waals surface area contributed by atoms with E-state index in [4.69, 9.17) is 4.42 Å². The summed E-state index contributed by atoms with van der Waals surface area (Å²) >= 11 is 1.85. The molecule has 1 aliphatic rings. The normalized spacial score (nSPS) is 12.8. The molecule has 0 N–H and O–H groups in total. The van der Waals surface area contributed by atoms with Crippen LogP contribution in [0.2, 0.25) is 0 Å². The van der Waals surface area contributed by atoms with Gasteiger partial charge < -0.3 is 9.32 Å². The molecule has 2 nitrogen and oxygen atoms in total. The van der Waals surface area contributed by atoms with Gasteiger partial charge in [0.15, 0.2) is 0 Å². The lowest BCUT2D eigenvalue weighted by Crippen LogP contribution is -2.28. The molecule has 0 spiro atoms. The lowest BCUT2D eigenvalue weighted by Gasteiger charge is -2.33. The van der Waals surface area contributed by atoms with E-state index >= 15 is 0 Å². The number of anilines is 3. The van der Waals surface area contributed by atoms with Gasteiger partial charge in [-0.05, 0) is 111 Å². The SMILES string of the molecule is c1ccc(-c2ccc(N(c3ccc(-c4cccc5c4oc4cc6c(cc45)-c4ccccc4C6(c4ccccc4)c4ccccc4)cc3)c3ccc4sc5ccccc5c4c3)cc2)cc1. The van der Waals surface area contributed by atoms with Gasteiger partial charge >= 0.3 is 0 Å². The molecule has 2 heterocycles. The van der Waals surface area contributed by atoms with Gasteiger partial charge in [0.1, 0.15) is 11.2 Å². The van der Waals surface area contributed by atoms with E-state index in [1.54, 1.807) is 0 Å². The van der Waals surface area contributed by atoms with Gasteiger partial charge in [0, 0.05) is 53.6 Å². The summed E-state index contributed by atoms with van der Waals surface area (Å²) in [4.78, 5) is 2.37. The van der Waals surface area contributed by atoms with Crippen molar-refractivity contribution >= 4 is 70.5 Å². The highest BCUT2D eigenvalue weighted by Crippen LogP contribution is 2.57. The fourth-order valence-electron chi connectivity index (χ4n) is 10.5. The standard InChI is InChI=1S/C61H39NOS/c1-4-15-40(16-5-1)41-27-31-45(32-28-41)62(47-35-36-59-54(37-47)50-22-11-13-26-58(50)64-59)46-33-29-42(30-34-46)48-23-14-24-51-53-38-52-49-21-10-12-25-55(49)61(43-17-6-2-7-18-43,44-19-8-3-9-20-44)56(52)39-57(53)63-60(48)51/h1-39H. The highest BCUT2D eigenvalue weighted by molar-refractivity contribution is 7.25. The molecular formula is C61H39NOS. The van der Waals surface area contributed by atoms with Crippen LogP contribution in [-0.2, 0) is 5.41 Å². The summed E-state index contributed by atoms with van der Waals surface area (Å²) < 4.78 is 9.65. The Morgan fingerprint density at radius 2 is 0.906 bits per heavy atom. The van der Waals surface area contributed by atoms with Crippen molar-refractivity contribution in [3.8, 4) is 33.4 Å². The minimum Gasteiger partial charge on any atom is -0.455 e. The summed E-state index contributed by atoms with van der Waals surface area (Å²) in [6, 6.07) is 86.2. The fraction of sp³-hybridized carbons (Fsp3) is 0.0164. The Kier molecular flexibility index (Phi) is 8.34. The van der Waals surface area contributed by atoms with Crippen molar-refractivity contribution in [1.82, 2.24) is 0 Å². The first kappa shape index (κ1) is 36.7. The van der Waals surface area contributed by atoms with Crippen LogP contribution >= 0.6 is 11.3 Å². The monoisotopic (exact) mass is 833 g/mol. The second kappa shape index (κ2) is 14.6. The van der Waals surface area contributed by atoms with Gasteiger partial charge in [-0.15, -0.1) is 11.3 Å². The third-order valence-electron chi connectivity index (χ3n) is 13.4. The molecule has 2 aromatic heterocycles. The first-order valence-electron chi connectivity index (χ1n) is 21.9. The quantitative estimate of drug-likeness (QED) is 0.159. The predicted octanol–water partition coefficient (Wildman–Crippen LogP) is 17.1. The van der Waals surface area contributed by atoms with Gasteiger partial charge in [-0.25, -0.2) is 0 Å². The Labute approximate surface area is 375 Å².